The quantitative estimate of drug-likeness (QED) is 0.554. The Bertz CT molecular complexity index is 422. The number of benzene rings is 1. The van der Waals surface area contributed by atoms with Gasteiger partial charge >= 0.3 is 0 Å². The molecule has 0 aliphatic carbocycles. The SMILES string of the molecule is N#Cn1ncc2cc[c]cc21. The fourth-order valence-corrected chi connectivity index (χ4v) is 0.988. The summed E-state index contributed by atoms with van der Waals surface area (Å²) >= 11 is 0. The van der Waals surface area contributed by atoms with Crippen molar-refractivity contribution in [2.45, 2.75) is 0 Å². The van der Waals surface area contributed by atoms with Gasteiger partial charge in [-0.15, -0.1) is 0 Å². The molecule has 2 rings (SSSR count). The van der Waals surface area contributed by atoms with Crippen LogP contribution < -0.4 is 0 Å². The van der Waals surface area contributed by atoms with Gasteiger partial charge in [0.2, 0.25) is 6.19 Å². The van der Waals surface area contributed by atoms with Gasteiger partial charge in [-0.05, 0) is 12.1 Å². The van der Waals surface area contributed by atoms with Crippen LogP contribution in [-0.4, -0.2) is 9.78 Å². The fraction of sp³-hybridized carbons (Fsp3) is 0. The van der Waals surface area contributed by atoms with Crippen molar-refractivity contribution < 1.29 is 0 Å². The van der Waals surface area contributed by atoms with E-state index in [0.717, 1.165) is 10.9 Å². The predicted octanol–water partition coefficient (Wildman–Crippen LogP) is 1.17. The van der Waals surface area contributed by atoms with E-state index in [-0.39, 0.29) is 0 Å². The van der Waals surface area contributed by atoms with Gasteiger partial charge in [0.1, 0.15) is 0 Å². The first-order chi connectivity index (χ1) is 5.42. The molecule has 0 spiro atoms. The number of nitrogens with zero attached hydrogens (tertiary/aromatic N) is 3. The molecule has 3 heteroatoms. The number of rotatable bonds is 0. The van der Waals surface area contributed by atoms with Crippen LogP contribution >= 0.6 is 0 Å². The Balaban J connectivity index is 2.89. The second kappa shape index (κ2) is 2.10. The lowest BCUT2D eigenvalue weighted by molar-refractivity contribution is 0.928. The topological polar surface area (TPSA) is 41.6 Å². The Morgan fingerprint density at radius 3 is 3.36 bits per heavy atom. The summed E-state index contributed by atoms with van der Waals surface area (Å²) < 4.78 is 1.27. The van der Waals surface area contributed by atoms with E-state index in [2.05, 4.69) is 11.2 Å². The van der Waals surface area contributed by atoms with Gasteiger partial charge in [-0.25, -0.2) is 0 Å². The van der Waals surface area contributed by atoms with Crippen LogP contribution in [0.15, 0.2) is 24.4 Å². The molecule has 11 heavy (non-hydrogen) atoms. The van der Waals surface area contributed by atoms with E-state index < -0.39 is 0 Å². The summed E-state index contributed by atoms with van der Waals surface area (Å²) in [6.45, 7) is 0. The van der Waals surface area contributed by atoms with Gasteiger partial charge in [0, 0.05) is 5.39 Å². The molecule has 1 radical (unpaired) electrons. The highest BCUT2D eigenvalue weighted by molar-refractivity contribution is 5.78. The molecule has 0 saturated carbocycles. The summed E-state index contributed by atoms with van der Waals surface area (Å²) in [5.74, 6) is 0. The summed E-state index contributed by atoms with van der Waals surface area (Å²) in [5.41, 5.74) is 0.801. The Morgan fingerprint density at radius 1 is 1.64 bits per heavy atom. The minimum absolute atomic E-state index is 0.801. The van der Waals surface area contributed by atoms with Crippen LogP contribution in [0, 0.1) is 17.5 Å². The number of aromatic nitrogens is 2. The molecule has 0 N–H and O–H groups in total. The maximum atomic E-state index is 8.56. The minimum Gasteiger partial charge on any atom is -0.170 e. The first-order valence-corrected chi connectivity index (χ1v) is 3.16. The zero-order valence-electron chi connectivity index (χ0n) is 5.65. The molecule has 0 saturated heterocycles. The molecule has 1 aromatic carbocycles. The lowest BCUT2D eigenvalue weighted by Crippen LogP contribution is -1.87. The van der Waals surface area contributed by atoms with Crippen molar-refractivity contribution >= 4 is 10.9 Å². The van der Waals surface area contributed by atoms with Crippen LogP contribution in [-0.2, 0) is 0 Å². The third kappa shape index (κ3) is 0.767. The van der Waals surface area contributed by atoms with Gasteiger partial charge in [-0.2, -0.15) is 15.0 Å². The van der Waals surface area contributed by atoms with Crippen LogP contribution in [0.3, 0.4) is 0 Å². The molecule has 0 amide bonds. The normalized spacial score (nSPS) is 9.73. The third-order valence-electron chi connectivity index (χ3n) is 1.51. The Morgan fingerprint density at radius 2 is 2.55 bits per heavy atom. The molecule has 1 heterocycles. The zero-order valence-corrected chi connectivity index (χ0v) is 5.65. The summed E-state index contributed by atoms with van der Waals surface area (Å²) in [6.07, 6.45) is 3.59. The molecule has 0 atom stereocenters. The van der Waals surface area contributed by atoms with Gasteiger partial charge in [-0.1, -0.05) is 12.1 Å². The molecule has 1 aromatic heterocycles. The molecule has 51 valence electrons. The maximum Gasteiger partial charge on any atom is 0.206 e. The van der Waals surface area contributed by atoms with Crippen molar-refractivity contribution in [3.63, 3.8) is 0 Å². The summed E-state index contributed by atoms with van der Waals surface area (Å²) in [4.78, 5) is 0. The lowest BCUT2D eigenvalue weighted by Gasteiger charge is -1.86. The maximum absolute atomic E-state index is 8.56. The Kier molecular flexibility index (Phi) is 1.13. The highest BCUT2D eigenvalue weighted by Gasteiger charge is 1.97. The highest BCUT2D eigenvalue weighted by atomic mass is 15.3. The van der Waals surface area contributed by atoms with Gasteiger partial charge in [0.05, 0.1) is 11.7 Å². The van der Waals surface area contributed by atoms with E-state index in [9.17, 15) is 0 Å². The number of fused-ring (bicyclic) bond motifs is 1. The second-order valence-corrected chi connectivity index (χ2v) is 2.14. The van der Waals surface area contributed by atoms with Crippen molar-refractivity contribution in [2.75, 3.05) is 0 Å². The monoisotopic (exact) mass is 142 g/mol. The fourth-order valence-electron chi connectivity index (χ4n) is 0.988. The van der Waals surface area contributed by atoms with Crippen molar-refractivity contribution in [1.82, 2.24) is 9.78 Å². The zero-order chi connectivity index (χ0) is 7.68. The average molecular weight is 142 g/mol. The van der Waals surface area contributed by atoms with Crippen molar-refractivity contribution in [2.24, 2.45) is 0 Å². The van der Waals surface area contributed by atoms with Gasteiger partial charge < -0.3 is 0 Å². The first-order valence-electron chi connectivity index (χ1n) is 3.16. The first kappa shape index (κ1) is 5.93. The van der Waals surface area contributed by atoms with E-state index in [1.165, 1.54) is 4.68 Å². The molecule has 0 aliphatic rings. The lowest BCUT2D eigenvalue weighted by atomic mass is 10.3. The molecule has 0 unspecified atom stereocenters. The molecule has 3 nitrogen and oxygen atoms in total. The van der Waals surface area contributed by atoms with Crippen molar-refractivity contribution in [3.8, 4) is 6.19 Å². The molecule has 2 aromatic rings. The van der Waals surface area contributed by atoms with Crippen molar-refractivity contribution in [3.05, 3.63) is 30.5 Å². The smallest absolute Gasteiger partial charge is 0.170 e. The largest absolute Gasteiger partial charge is 0.206 e. The van der Waals surface area contributed by atoms with Crippen LogP contribution in [0.5, 0.6) is 0 Å². The van der Waals surface area contributed by atoms with E-state index in [1.54, 1.807) is 18.3 Å². The minimum atomic E-state index is 0.801. The second-order valence-electron chi connectivity index (χ2n) is 2.14. The predicted molar refractivity (Wildman–Crippen MR) is 39.6 cm³/mol. The van der Waals surface area contributed by atoms with Gasteiger partial charge in [-0.3, -0.25) is 0 Å². The van der Waals surface area contributed by atoms with E-state index in [0.29, 0.717) is 0 Å². The van der Waals surface area contributed by atoms with Crippen LogP contribution in [0.25, 0.3) is 10.9 Å². The van der Waals surface area contributed by atoms with Gasteiger partial charge in [0.25, 0.3) is 0 Å². The number of hydrogen-bond acceptors (Lipinski definition) is 2. The molecular formula is C8H4N3. The summed E-state index contributed by atoms with van der Waals surface area (Å²) in [6, 6.07) is 8.29. The number of nitriles is 1. The van der Waals surface area contributed by atoms with Gasteiger partial charge in [0.15, 0.2) is 0 Å². The molecule has 0 bridgehead atoms. The van der Waals surface area contributed by atoms with E-state index in [1.807, 2.05) is 12.3 Å². The van der Waals surface area contributed by atoms with Crippen molar-refractivity contribution in [1.29, 1.82) is 5.26 Å². The molecular weight excluding hydrogens is 138 g/mol. The van der Waals surface area contributed by atoms with E-state index >= 15 is 0 Å². The Hall–Kier alpha value is -1.82. The highest BCUT2D eigenvalue weighted by Crippen LogP contribution is 2.10. The summed E-state index contributed by atoms with van der Waals surface area (Å²) in [7, 11) is 0. The summed E-state index contributed by atoms with van der Waals surface area (Å²) in [5, 5.41) is 13.4. The molecule has 0 aliphatic heterocycles. The third-order valence-corrected chi connectivity index (χ3v) is 1.51. The van der Waals surface area contributed by atoms with Crippen LogP contribution in [0.4, 0.5) is 0 Å². The average Bonchev–Trinajstić information content (AvgIpc) is 2.47. The van der Waals surface area contributed by atoms with Crippen LogP contribution in [0.1, 0.15) is 0 Å². The molecule has 0 fully saturated rings. The Labute approximate surface area is 63.5 Å². The standard InChI is InChI=1S/C8H4N3/c9-6-11-8-4-2-1-3-7(8)5-10-11/h1,3-5H. The number of hydrogen-bond donors (Lipinski definition) is 0. The van der Waals surface area contributed by atoms with E-state index in [4.69, 9.17) is 5.26 Å². The van der Waals surface area contributed by atoms with Crippen LogP contribution in [0.2, 0.25) is 0 Å².